The number of benzene rings is 2. The van der Waals surface area contributed by atoms with E-state index in [1.807, 2.05) is 0 Å². The van der Waals surface area contributed by atoms with Crippen LogP contribution in [0, 0.1) is 5.82 Å². The topological polar surface area (TPSA) is 78.4 Å². The molecule has 1 amide bonds. The maximum Gasteiger partial charge on any atom is 0.401 e. The number of nitrogens with zero attached hydrogens (tertiary/aromatic N) is 3. The van der Waals surface area contributed by atoms with Crippen molar-refractivity contribution in [2.24, 2.45) is 0 Å². The maximum atomic E-state index is 14.5. The molecule has 0 unspecified atom stereocenters. The van der Waals surface area contributed by atoms with E-state index in [2.05, 4.69) is 4.98 Å². The molecule has 0 radical (unpaired) electrons. The summed E-state index contributed by atoms with van der Waals surface area (Å²) >= 11 is 0. The van der Waals surface area contributed by atoms with Crippen LogP contribution >= 0.6 is 0 Å². The highest BCUT2D eigenvalue weighted by atomic mass is 19.4. The standard InChI is InChI=1S/C22H20F4N4O3/c23-17-6-5-14(12-30-18-4-2-1-3-15(18)19(31)27-21(30)33)11-16(17)20(32)29-9-7-28(8-10-29)13-22(24,25)26/h1-6,11H,7-10,12-13H2,(H,27,31,33). The van der Waals surface area contributed by atoms with E-state index in [9.17, 15) is 31.9 Å². The number of carbonyl (C=O) groups is 1. The predicted molar refractivity (Wildman–Crippen MR) is 113 cm³/mol. The first-order valence-electron chi connectivity index (χ1n) is 10.2. The number of hydrogen-bond donors (Lipinski definition) is 1. The molecule has 7 nitrogen and oxygen atoms in total. The molecule has 0 spiro atoms. The monoisotopic (exact) mass is 464 g/mol. The van der Waals surface area contributed by atoms with Gasteiger partial charge < -0.3 is 4.90 Å². The van der Waals surface area contributed by atoms with E-state index >= 15 is 0 Å². The van der Waals surface area contributed by atoms with Gasteiger partial charge in [0, 0.05) is 26.2 Å². The first-order valence-corrected chi connectivity index (χ1v) is 10.2. The number of alkyl halides is 3. The van der Waals surface area contributed by atoms with Crippen molar-refractivity contribution in [2.75, 3.05) is 32.7 Å². The highest BCUT2D eigenvalue weighted by Gasteiger charge is 2.33. The molecule has 2 aromatic carbocycles. The van der Waals surface area contributed by atoms with Gasteiger partial charge in [-0.25, -0.2) is 9.18 Å². The van der Waals surface area contributed by atoms with Crippen LogP contribution in [0.25, 0.3) is 10.9 Å². The van der Waals surface area contributed by atoms with Crippen LogP contribution in [-0.4, -0.2) is 64.2 Å². The van der Waals surface area contributed by atoms with E-state index in [1.165, 1.54) is 26.5 Å². The predicted octanol–water partition coefficient (Wildman–Crippen LogP) is 2.20. The van der Waals surface area contributed by atoms with Crippen LogP contribution in [0.15, 0.2) is 52.1 Å². The number of carbonyl (C=O) groups excluding carboxylic acids is 1. The molecule has 0 saturated carbocycles. The van der Waals surface area contributed by atoms with Crippen LogP contribution in [0.2, 0.25) is 0 Å². The number of aromatic amines is 1. The average Bonchev–Trinajstić information content (AvgIpc) is 2.77. The van der Waals surface area contributed by atoms with Gasteiger partial charge in [-0.2, -0.15) is 13.2 Å². The zero-order valence-corrected chi connectivity index (χ0v) is 17.4. The quantitative estimate of drug-likeness (QED) is 0.601. The molecule has 1 N–H and O–H groups in total. The number of hydrogen-bond acceptors (Lipinski definition) is 4. The fraction of sp³-hybridized carbons (Fsp3) is 0.318. The second-order valence-corrected chi connectivity index (χ2v) is 7.86. The molecule has 11 heteroatoms. The van der Waals surface area contributed by atoms with E-state index in [4.69, 9.17) is 0 Å². The van der Waals surface area contributed by atoms with Crippen molar-refractivity contribution in [2.45, 2.75) is 12.7 Å². The summed E-state index contributed by atoms with van der Waals surface area (Å²) in [7, 11) is 0. The Hall–Kier alpha value is -3.47. The lowest BCUT2D eigenvalue weighted by molar-refractivity contribution is -0.148. The van der Waals surface area contributed by atoms with Crippen LogP contribution in [0.3, 0.4) is 0 Å². The normalized spacial score (nSPS) is 15.2. The Morgan fingerprint density at radius 1 is 1.00 bits per heavy atom. The van der Waals surface area contributed by atoms with Crippen LogP contribution in [0.4, 0.5) is 17.6 Å². The van der Waals surface area contributed by atoms with Gasteiger partial charge in [0.2, 0.25) is 0 Å². The van der Waals surface area contributed by atoms with Crippen molar-refractivity contribution in [3.8, 4) is 0 Å². The van der Waals surface area contributed by atoms with Crippen molar-refractivity contribution in [3.63, 3.8) is 0 Å². The maximum absolute atomic E-state index is 14.5. The SMILES string of the molecule is O=C(c1cc(Cn2c(=O)[nH]c(=O)c3ccccc32)ccc1F)N1CCN(CC(F)(F)F)CC1. The lowest BCUT2D eigenvalue weighted by Crippen LogP contribution is -2.51. The van der Waals surface area contributed by atoms with E-state index < -0.39 is 35.7 Å². The number of piperazine rings is 1. The Balaban J connectivity index is 1.56. The number of halogens is 4. The molecule has 3 aromatic rings. The molecule has 1 aliphatic rings. The Kier molecular flexibility index (Phi) is 6.07. The molecule has 33 heavy (non-hydrogen) atoms. The van der Waals surface area contributed by atoms with Gasteiger partial charge >= 0.3 is 11.9 Å². The summed E-state index contributed by atoms with van der Waals surface area (Å²) in [6.45, 7) is -0.918. The van der Waals surface area contributed by atoms with E-state index in [-0.39, 0.29) is 38.3 Å². The molecule has 174 valence electrons. The second-order valence-electron chi connectivity index (χ2n) is 7.86. The molecule has 0 atom stereocenters. The second kappa shape index (κ2) is 8.81. The Bertz CT molecular complexity index is 1310. The number of aromatic nitrogens is 2. The van der Waals surface area contributed by atoms with Gasteiger partial charge in [0.25, 0.3) is 11.5 Å². The highest BCUT2D eigenvalue weighted by Crippen LogP contribution is 2.20. The molecular formula is C22H20F4N4O3. The van der Waals surface area contributed by atoms with Gasteiger partial charge in [-0.05, 0) is 29.8 Å². The first kappa shape index (κ1) is 22.7. The van der Waals surface area contributed by atoms with Crippen LogP contribution < -0.4 is 11.2 Å². The fourth-order valence-electron chi connectivity index (χ4n) is 3.95. The van der Waals surface area contributed by atoms with Crippen LogP contribution in [-0.2, 0) is 6.54 Å². The summed E-state index contributed by atoms with van der Waals surface area (Å²) in [5.41, 5.74) is -0.541. The summed E-state index contributed by atoms with van der Waals surface area (Å²) in [6, 6.07) is 10.4. The molecular weight excluding hydrogens is 444 g/mol. The summed E-state index contributed by atoms with van der Waals surface area (Å²) in [6.07, 6.45) is -4.32. The Morgan fingerprint density at radius 2 is 1.70 bits per heavy atom. The fourth-order valence-corrected chi connectivity index (χ4v) is 3.95. The largest absolute Gasteiger partial charge is 0.401 e. The van der Waals surface area contributed by atoms with Gasteiger partial charge in [0.1, 0.15) is 5.82 Å². The number of rotatable bonds is 4. The van der Waals surface area contributed by atoms with Gasteiger partial charge in [-0.1, -0.05) is 18.2 Å². The third kappa shape index (κ3) is 4.98. The Morgan fingerprint density at radius 3 is 2.39 bits per heavy atom. The lowest BCUT2D eigenvalue weighted by atomic mass is 10.1. The minimum absolute atomic E-state index is 0.0178. The van der Waals surface area contributed by atoms with Gasteiger partial charge in [0.15, 0.2) is 0 Å². The number of fused-ring (bicyclic) bond motifs is 1. The lowest BCUT2D eigenvalue weighted by Gasteiger charge is -2.35. The number of nitrogens with one attached hydrogen (secondary N) is 1. The minimum Gasteiger partial charge on any atom is -0.336 e. The zero-order valence-electron chi connectivity index (χ0n) is 17.4. The molecule has 2 heterocycles. The van der Waals surface area contributed by atoms with Gasteiger partial charge in [0.05, 0.1) is 29.6 Å². The van der Waals surface area contributed by atoms with Crippen molar-refractivity contribution < 1.29 is 22.4 Å². The summed E-state index contributed by atoms with van der Waals surface area (Å²) in [4.78, 5) is 42.1. The molecule has 0 bridgehead atoms. The van der Waals surface area contributed by atoms with E-state index in [0.29, 0.717) is 16.5 Å². The molecule has 1 fully saturated rings. The molecule has 1 saturated heterocycles. The van der Waals surface area contributed by atoms with Crippen LogP contribution in [0.5, 0.6) is 0 Å². The first-order chi connectivity index (χ1) is 15.6. The zero-order chi connectivity index (χ0) is 23.8. The Labute approximate surface area is 184 Å². The van der Waals surface area contributed by atoms with Crippen molar-refractivity contribution in [1.82, 2.24) is 19.4 Å². The summed E-state index contributed by atoms with van der Waals surface area (Å²) in [5.74, 6) is -1.39. The number of amides is 1. The number of H-pyrrole nitrogens is 1. The smallest absolute Gasteiger partial charge is 0.336 e. The number of para-hydroxylation sites is 1. The van der Waals surface area contributed by atoms with Crippen molar-refractivity contribution >= 4 is 16.8 Å². The molecule has 4 rings (SSSR count). The highest BCUT2D eigenvalue weighted by molar-refractivity contribution is 5.94. The summed E-state index contributed by atoms with van der Waals surface area (Å²) < 4.78 is 53.5. The minimum atomic E-state index is -4.32. The average molecular weight is 464 g/mol. The summed E-state index contributed by atoms with van der Waals surface area (Å²) in [5, 5.41) is 0.312. The third-order valence-corrected chi connectivity index (χ3v) is 5.57. The van der Waals surface area contributed by atoms with Crippen molar-refractivity contribution in [3.05, 3.63) is 80.2 Å². The van der Waals surface area contributed by atoms with E-state index in [1.54, 1.807) is 24.3 Å². The molecule has 1 aromatic heterocycles. The molecule has 0 aliphatic carbocycles. The molecule has 1 aliphatic heterocycles. The van der Waals surface area contributed by atoms with Gasteiger partial charge in [-0.15, -0.1) is 0 Å². The van der Waals surface area contributed by atoms with E-state index in [0.717, 1.165) is 6.07 Å². The van der Waals surface area contributed by atoms with Crippen LogP contribution in [0.1, 0.15) is 15.9 Å². The third-order valence-electron chi connectivity index (χ3n) is 5.57. The van der Waals surface area contributed by atoms with Gasteiger partial charge in [-0.3, -0.25) is 24.0 Å². The van der Waals surface area contributed by atoms with Crippen molar-refractivity contribution in [1.29, 1.82) is 0 Å².